The van der Waals surface area contributed by atoms with Gasteiger partial charge in [0, 0.05) is 25.9 Å². The van der Waals surface area contributed by atoms with E-state index in [9.17, 15) is 0 Å². The molecule has 1 aliphatic rings. The zero-order valence-electron chi connectivity index (χ0n) is 10.9. The Morgan fingerprint density at radius 1 is 1.53 bits per heavy atom. The van der Waals surface area contributed by atoms with Crippen LogP contribution in [-0.4, -0.2) is 31.8 Å². The molecule has 2 unspecified atom stereocenters. The second-order valence-corrected chi connectivity index (χ2v) is 4.97. The van der Waals surface area contributed by atoms with Crippen molar-refractivity contribution in [2.45, 2.75) is 31.9 Å². The van der Waals surface area contributed by atoms with Crippen LogP contribution in [0.15, 0.2) is 24.3 Å². The van der Waals surface area contributed by atoms with E-state index in [1.54, 1.807) is 0 Å². The highest BCUT2D eigenvalue weighted by Gasteiger charge is 2.43. The largest absolute Gasteiger partial charge is 0.376 e. The van der Waals surface area contributed by atoms with Gasteiger partial charge in [0.1, 0.15) is 0 Å². The highest BCUT2D eigenvalue weighted by atomic mass is 16.5. The summed E-state index contributed by atoms with van der Waals surface area (Å²) >= 11 is 0. The van der Waals surface area contributed by atoms with Crippen LogP contribution >= 0.6 is 0 Å². The van der Waals surface area contributed by atoms with E-state index in [1.807, 2.05) is 0 Å². The average molecular weight is 234 g/mol. The smallest absolute Gasteiger partial charge is 0.0800 e. The molecule has 17 heavy (non-hydrogen) atoms. The van der Waals surface area contributed by atoms with Crippen LogP contribution in [0.2, 0.25) is 0 Å². The third-order valence-electron chi connectivity index (χ3n) is 4.07. The monoisotopic (exact) mass is 234 g/mol. The van der Waals surface area contributed by atoms with Crippen molar-refractivity contribution in [2.75, 3.05) is 25.1 Å². The zero-order chi connectivity index (χ0) is 12.5. The molecular weight excluding hydrogens is 212 g/mol. The van der Waals surface area contributed by atoms with E-state index in [1.165, 1.54) is 11.3 Å². The molecule has 0 aromatic heterocycles. The molecule has 1 aromatic carbocycles. The molecule has 2 rings (SSSR count). The second kappa shape index (κ2) is 4.67. The maximum Gasteiger partial charge on any atom is 0.0800 e. The van der Waals surface area contributed by atoms with Crippen LogP contribution in [0.3, 0.4) is 0 Å². The standard InChI is InChI=1S/C14H22N2O/c1-11-5-4-6-13(9-11)16(3)14(10-15)7-8-17-12(14)2/h4-6,9,12H,7-8,10,15H2,1-3H3. The number of benzene rings is 1. The van der Waals surface area contributed by atoms with E-state index in [-0.39, 0.29) is 11.6 Å². The normalized spacial score (nSPS) is 28.4. The quantitative estimate of drug-likeness (QED) is 0.868. The summed E-state index contributed by atoms with van der Waals surface area (Å²) in [6.45, 7) is 5.65. The molecule has 1 aromatic rings. The molecule has 94 valence electrons. The van der Waals surface area contributed by atoms with Crippen LogP contribution in [0.5, 0.6) is 0 Å². The number of anilines is 1. The molecule has 2 N–H and O–H groups in total. The number of ether oxygens (including phenoxy) is 1. The van der Waals surface area contributed by atoms with Crippen molar-refractivity contribution in [2.24, 2.45) is 5.73 Å². The van der Waals surface area contributed by atoms with Crippen molar-refractivity contribution < 1.29 is 4.74 Å². The lowest BCUT2D eigenvalue weighted by atomic mass is 9.89. The number of nitrogens with zero attached hydrogens (tertiary/aromatic N) is 1. The van der Waals surface area contributed by atoms with Gasteiger partial charge in [-0.25, -0.2) is 0 Å². The molecular formula is C14H22N2O. The third-order valence-corrected chi connectivity index (χ3v) is 4.07. The van der Waals surface area contributed by atoms with Gasteiger partial charge in [-0.05, 0) is 38.0 Å². The zero-order valence-corrected chi connectivity index (χ0v) is 10.9. The van der Waals surface area contributed by atoms with Crippen molar-refractivity contribution in [3.8, 4) is 0 Å². The maximum atomic E-state index is 6.01. The molecule has 0 bridgehead atoms. The van der Waals surface area contributed by atoms with Gasteiger partial charge in [-0.1, -0.05) is 12.1 Å². The van der Waals surface area contributed by atoms with Gasteiger partial charge in [0.25, 0.3) is 0 Å². The summed E-state index contributed by atoms with van der Waals surface area (Å²) in [4.78, 5) is 2.29. The minimum atomic E-state index is -0.0617. The molecule has 1 saturated heterocycles. The second-order valence-electron chi connectivity index (χ2n) is 4.97. The van der Waals surface area contributed by atoms with Gasteiger partial charge in [-0.3, -0.25) is 0 Å². The first-order valence-corrected chi connectivity index (χ1v) is 6.22. The summed E-state index contributed by atoms with van der Waals surface area (Å²) < 4.78 is 5.71. The summed E-state index contributed by atoms with van der Waals surface area (Å²) in [5.74, 6) is 0. The van der Waals surface area contributed by atoms with Crippen molar-refractivity contribution in [3.63, 3.8) is 0 Å². The molecule has 1 heterocycles. The molecule has 0 aliphatic carbocycles. The van der Waals surface area contributed by atoms with Gasteiger partial charge in [0.2, 0.25) is 0 Å². The summed E-state index contributed by atoms with van der Waals surface area (Å²) in [5, 5.41) is 0. The molecule has 1 aliphatic heterocycles. The van der Waals surface area contributed by atoms with Crippen LogP contribution in [-0.2, 0) is 4.74 Å². The molecule has 3 heteroatoms. The fraction of sp³-hybridized carbons (Fsp3) is 0.571. The van der Waals surface area contributed by atoms with E-state index in [4.69, 9.17) is 10.5 Å². The first kappa shape index (κ1) is 12.4. The Hall–Kier alpha value is -1.06. The molecule has 0 amide bonds. The highest BCUT2D eigenvalue weighted by Crippen LogP contribution is 2.34. The Morgan fingerprint density at radius 3 is 2.82 bits per heavy atom. The van der Waals surface area contributed by atoms with Crippen molar-refractivity contribution >= 4 is 5.69 Å². The van der Waals surface area contributed by atoms with E-state index in [0.717, 1.165) is 13.0 Å². The number of likely N-dealkylation sites (N-methyl/N-ethyl adjacent to an activating group) is 1. The van der Waals surface area contributed by atoms with Crippen molar-refractivity contribution in [3.05, 3.63) is 29.8 Å². The molecule has 1 fully saturated rings. The Bertz CT molecular complexity index is 394. The lowest BCUT2D eigenvalue weighted by Crippen LogP contribution is -2.57. The average Bonchev–Trinajstić information content (AvgIpc) is 2.70. The Balaban J connectivity index is 2.32. The minimum Gasteiger partial charge on any atom is -0.376 e. The molecule has 0 saturated carbocycles. The molecule has 0 spiro atoms. The third kappa shape index (κ3) is 2.05. The topological polar surface area (TPSA) is 38.5 Å². The Kier molecular flexibility index (Phi) is 3.40. The molecule has 3 nitrogen and oxygen atoms in total. The summed E-state index contributed by atoms with van der Waals surface area (Å²) in [6.07, 6.45) is 1.17. The molecule has 2 atom stereocenters. The van der Waals surface area contributed by atoms with Crippen molar-refractivity contribution in [1.82, 2.24) is 0 Å². The fourth-order valence-corrected chi connectivity index (χ4v) is 2.71. The van der Waals surface area contributed by atoms with Crippen LogP contribution in [0, 0.1) is 6.92 Å². The Morgan fingerprint density at radius 2 is 2.29 bits per heavy atom. The van der Waals surface area contributed by atoms with Crippen molar-refractivity contribution in [1.29, 1.82) is 0 Å². The summed E-state index contributed by atoms with van der Waals surface area (Å²) in [7, 11) is 2.12. The maximum absolute atomic E-state index is 6.01. The number of aryl methyl sites for hydroxylation is 1. The van der Waals surface area contributed by atoms with Gasteiger partial charge in [-0.15, -0.1) is 0 Å². The van der Waals surface area contributed by atoms with Crippen LogP contribution in [0.4, 0.5) is 5.69 Å². The lowest BCUT2D eigenvalue weighted by molar-refractivity contribution is 0.0961. The van der Waals surface area contributed by atoms with E-state index in [0.29, 0.717) is 6.54 Å². The van der Waals surface area contributed by atoms with Crippen LogP contribution in [0.25, 0.3) is 0 Å². The number of nitrogens with two attached hydrogens (primary N) is 1. The molecule has 0 radical (unpaired) electrons. The Labute approximate surface area is 104 Å². The first-order chi connectivity index (χ1) is 8.10. The van der Waals surface area contributed by atoms with E-state index in [2.05, 4.69) is 50.1 Å². The lowest BCUT2D eigenvalue weighted by Gasteiger charge is -2.41. The van der Waals surface area contributed by atoms with Gasteiger partial charge >= 0.3 is 0 Å². The van der Waals surface area contributed by atoms with Crippen LogP contribution in [0.1, 0.15) is 18.9 Å². The number of hydrogen-bond donors (Lipinski definition) is 1. The van der Waals surface area contributed by atoms with Gasteiger partial charge in [0.05, 0.1) is 11.6 Å². The van der Waals surface area contributed by atoms with E-state index >= 15 is 0 Å². The first-order valence-electron chi connectivity index (χ1n) is 6.22. The SMILES string of the molecule is Cc1cccc(N(C)C2(CN)CCOC2C)c1. The summed E-state index contributed by atoms with van der Waals surface area (Å²) in [6, 6.07) is 8.53. The number of hydrogen-bond acceptors (Lipinski definition) is 3. The predicted molar refractivity (Wildman–Crippen MR) is 71.4 cm³/mol. The summed E-state index contributed by atoms with van der Waals surface area (Å²) in [5.41, 5.74) is 8.44. The number of rotatable bonds is 3. The minimum absolute atomic E-state index is 0.0617. The fourth-order valence-electron chi connectivity index (χ4n) is 2.71. The van der Waals surface area contributed by atoms with Gasteiger partial charge in [0.15, 0.2) is 0 Å². The van der Waals surface area contributed by atoms with Gasteiger partial charge < -0.3 is 15.4 Å². The predicted octanol–water partition coefficient (Wildman–Crippen LogP) is 1.94. The van der Waals surface area contributed by atoms with E-state index < -0.39 is 0 Å². The van der Waals surface area contributed by atoms with Gasteiger partial charge in [-0.2, -0.15) is 0 Å². The van der Waals surface area contributed by atoms with Crippen LogP contribution < -0.4 is 10.6 Å². The highest BCUT2D eigenvalue weighted by molar-refractivity contribution is 5.51.